The average Bonchev–Trinajstić information content (AvgIpc) is 2.70. The predicted molar refractivity (Wildman–Crippen MR) is 49.6 cm³/mol. The summed E-state index contributed by atoms with van der Waals surface area (Å²) in [5, 5.41) is 3.60. The molecule has 0 bridgehead atoms. The minimum atomic E-state index is -0.248. The molecule has 0 fully saturated rings. The van der Waals surface area contributed by atoms with E-state index < -0.39 is 0 Å². The SMILES string of the molecule is Fc1ccc(/C=C/c2ncon2)cc1. The van der Waals surface area contributed by atoms with Gasteiger partial charge in [0.05, 0.1) is 0 Å². The molecule has 1 aromatic heterocycles. The van der Waals surface area contributed by atoms with Crippen molar-refractivity contribution in [2.24, 2.45) is 0 Å². The first-order valence-electron chi connectivity index (χ1n) is 4.04. The first-order valence-corrected chi connectivity index (χ1v) is 4.04. The summed E-state index contributed by atoms with van der Waals surface area (Å²) < 4.78 is 17.1. The minimum absolute atomic E-state index is 0.248. The van der Waals surface area contributed by atoms with E-state index in [0.29, 0.717) is 5.82 Å². The van der Waals surface area contributed by atoms with Crippen molar-refractivity contribution in [1.82, 2.24) is 10.1 Å². The number of nitrogens with zero attached hydrogens (tertiary/aromatic N) is 2. The highest BCUT2D eigenvalue weighted by Crippen LogP contribution is 2.06. The fourth-order valence-electron chi connectivity index (χ4n) is 0.997. The summed E-state index contributed by atoms with van der Waals surface area (Å²) in [5.74, 6) is 0.246. The zero-order valence-electron chi connectivity index (χ0n) is 7.22. The predicted octanol–water partition coefficient (Wildman–Crippen LogP) is 2.38. The van der Waals surface area contributed by atoms with Gasteiger partial charge >= 0.3 is 0 Å². The summed E-state index contributed by atoms with van der Waals surface area (Å²) in [7, 11) is 0. The monoisotopic (exact) mass is 190 g/mol. The van der Waals surface area contributed by atoms with E-state index in [4.69, 9.17) is 0 Å². The van der Waals surface area contributed by atoms with Crippen molar-refractivity contribution in [3.63, 3.8) is 0 Å². The maximum atomic E-state index is 12.5. The van der Waals surface area contributed by atoms with Gasteiger partial charge in [-0.3, -0.25) is 0 Å². The van der Waals surface area contributed by atoms with E-state index >= 15 is 0 Å². The van der Waals surface area contributed by atoms with Crippen LogP contribution in [0.25, 0.3) is 12.2 Å². The Labute approximate surface area is 79.9 Å². The molecule has 0 aliphatic heterocycles. The number of halogens is 1. The number of benzene rings is 1. The molecule has 4 heteroatoms. The van der Waals surface area contributed by atoms with E-state index in [2.05, 4.69) is 14.7 Å². The van der Waals surface area contributed by atoms with Gasteiger partial charge in [-0.1, -0.05) is 23.4 Å². The van der Waals surface area contributed by atoms with E-state index in [-0.39, 0.29) is 5.82 Å². The van der Waals surface area contributed by atoms with Crippen molar-refractivity contribution in [3.05, 3.63) is 47.9 Å². The van der Waals surface area contributed by atoms with Crippen LogP contribution < -0.4 is 0 Å². The molecule has 0 atom stereocenters. The third kappa shape index (κ3) is 2.04. The Hall–Kier alpha value is -1.97. The molecule has 1 aromatic carbocycles. The summed E-state index contributed by atoms with van der Waals surface area (Å²) in [4.78, 5) is 3.81. The molecule has 0 saturated carbocycles. The van der Waals surface area contributed by atoms with Crippen molar-refractivity contribution in [3.8, 4) is 0 Å². The standard InChI is InChI=1S/C10H7FN2O/c11-9-4-1-8(2-5-9)3-6-10-12-7-14-13-10/h1-7H/b6-3+. The lowest BCUT2D eigenvalue weighted by Crippen LogP contribution is -1.76. The van der Waals surface area contributed by atoms with Gasteiger partial charge in [-0.05, 0) is 23.8 Å². The zero-order chi connectivity index (χ0) is 9.80. The van der Waals surface area contributed by atoms with Crippen LogP contribution in [0.1, 0.15) is 11.4 Å². The third-order valence-corrected chi connectivity index (χ3v) is 1.67. The topological polar surface area (TPSA) is 38.9 Å². The van der Waals surface area contributed by atoms with E-state index in [1.165, 1.54) is 18.5 Å². The molecular weight excluding hydrogens is 183 g/mol. The summed E-state index contributed by atoms with van der Waals surface area (Å²) in [6.45, 7) is 0. The Bertz CT molecular complexity index is 420. The van der Waals surface area contributed by atoms with Gasteiger partial charge in [0.2, 0.25) is 6.39 Å². The van der Waals surface area contributed by atoms with Gasteiger partial charge in [-0.15, -0.1) is 0 Å². The molecule has 1 heterocycles. The van der Waals surface area contributed by atoms with Crippen LogP contribution in [0, 0.1) is 5.82 Å². The summed E-state index contributed by atoms with van der Waals surface area (Å²) in [6.07, 6.45) is 4.73. The number of hydrogen-bond donors (Lipinski definition) is 0. The average molecular weight is 190 g/mol. The van der Waals surface area contributed by atoms with Gasteiger partial charge in [0.25, 0.3) is 0 Å². The van der Waals surface area contributed by atoms with Gasteiger partial charge in [-0.25, -0.2) is 4.39 Å². The van der Waals surface area contributed by atoms with Gasteiger partial charge in [0.1, 0.15) is 5.82 Å². The molecule has 0 aliphatic rings. The second kappa shape index (κ2) is 3.83. The van der Waals surface area contributed by atoms with Crippen LogP contribution in [0.4, 0.5) is 4.39 Å². The fourth-order valence-corrected chi connectivity index (χ4v) is 0.997. The Morgan fingerprint density at radius 1 is 1.14 bits per heavy atom. The van der Waals surface area contributed by atoms with Crippen molar-refractivity contribution < 1.29 is 8.91 Å². The molecule has 0 amide bonds. The molecule has 2 rings (SSSR count). The Balaban J connectivity index is 2.15. The lowest BCUT2D eigenvalue weighted by atomic mass is 10.2. The Kier molecular flexibility index (Phi) is 2.36. The number of aromatic nitrogens is 2. The van der Waals surface area contributed by atoms with E-state index in [1.54, 1.807) is 24.3 Å². The second-order valence-corrected chi connectivity index (χ2v) is 2.67. The summed E-state index contributed by atoms with van der Waals surface area (Å²) in [5.41, 5.74) is 0.885. The lowest BCUT2D eigenvalue weighted by molar-refractivity contribution is 0.415. The zero-order valence-corrected chi connectivity index (χ0v) is 7.22. The third-order valence-electron chi connectivity index (χ3n) is 1.67. The van der Waals surface area contributed by atoms with Crippen LogP contribution in [-0.4, -0.2) is 10.1 Å². The Morgan fingerprint density at radius 2 is 1.93 bits per heavy atom. The molecule has 0 radical (unpaired) electrons. The molecule has 0 spiro atoms. The Morgan fingerprint density at radius 3 is 2.57 bits per heavy atom. The number of hydrogen-bond acceptors (Lipinski definition) is 3. The maximum Gasteiger partial charge on any atom is 0.214 e. The normalized spacial score (nSPS) is 10.9. The molecule has 70 valence electrons. The van der Waals surface area contributed by atoms with Crippen molar-refractivity contribution in [2.75, 3.05) is 0 Å². The highest BCUT2D eigenvalue weighted by molar-refractivity contribution is 5.66. The molecule has 3 nitrogen and oxygen atoms in total. The van der Waals surface area contributed by atoms with Crippen molar-refractivity contribution in [2.45, 2.75) is 0 Å². The molecule has 2 aromatic rings. The van der Waals surface area contributed by atoms with Crippen LogP contribution in [0.2, 0.25) is 0 Å². The van der Waals surface area contributed by atoms with E-state index in [0.717, 1.165) is 5.56 Å². The van der Waals surface area contributed by atoms with Crippen LogP contribution in [-0.2, 0) is 0 Å². The quantitative estimate of drug-likeness (QED) is 0.729. The van der Waals surface area contributed by atoms with Gasteiger partial charge in [-0.2, -0.15) is 4.98 Å². The molecule has 0 N–H and O–H groups in total. The molecule has 0 saturated heterocycles. The highest BCUT2D eigenvalue weighted by atomic mass is 19.1. The smallest absolute Gasteiger partial charge is 0.214 e. The second-order valence-electron chi connectivity index (χ2n) is 2.67. The first-order chi connectivity index (χ1) is 6.84. The van der Waals surface area contributed by atoms with Crippen LogP contribution in [0.5, 0.6) is 0 Å². The molecular formula is C10H7FN2O. The number of rotatable bonds is 2. The van der Waals surface area contributed by atoms with Gasteiger partial charge in [0.15, 0.2) is 5.82 Å². The minimum Gasteiger partial charge on any atom is -0.342 e. The summed E-state index contributed by atoms with van der Waals surface area (Å²) >= 11 is 0. The molecule has 0 unspecified atom stereocenters. The van der Waals surface area contributed by atoms with Crippen LogP contribution in [0.15, 0.2) is 35.2 Å². The van der Waals surface area contributed by atoms with E-state index in [1.807, 2.05) is 0 Å². The maximum absolute atomic E-state index is 12.5. The van der Waals surface area contributed by atoms with Gasteiger partial charge < -0.3 is 4.52 Å². The molecule has 14 heavy (non-hydrogen) atoms. The summed E-state index contributed by atoms with van der Waals surface area (Å²) in [6, 6.07) is 6.14. The first kappa shape index (κ1) is 8.62. The van der Waals surface area contributed by atoms with Crippen LogP contribution >= 0.6 is 0 Å². The fraction of sp³-hybridized carbons (Fsp3) is 0. The van der Waals surface area contributed by atoms with E-state index in [9.17, 15) is 4.39 Å². The van der Waals surface area contributed by atoms with Gasteiger partial charge in [0, 0.05) is 0 Å². The largest absolute Gasteiger partial charge is 0.342 e. The van der Waals surface area contributed by atoms with Crippen molar-refractivity contribution in [1.29, 1.82) is 0 Å². The highest BCUT2D eigenvalue weighted by Gasteiger charge is 1.92. The van der Waals surface area contributed by atoms with Crippen molar-refractivity contribution >= 4 is 12.2 Å². The lowest BCUT2D eigenvalue weighted by Gasteiger charge is -1.90. The van der Waals surface area contributed by atoms with Crippen LogP contribution in [0.3, 0.4) is 0 Å². The molecule has 0 aliphatic carbocycles.